The molecule has 0 atom stereocenters. The van der Waals surface area contributed by atoms with Crippen LogP contribution in [0.25, 0.3) is 0 Å². The van der Waals surface area contributed by atoms with Crippen molar-refractivity contribution in [3.63, 3.8) is 0 Å². The maximum atomic E-state index is 11.5. The molecule has 0 radical (unpaired) electrons. The molecule has 1 N–H and O–H groups in total. The van der Waals surface area contributed by atoms with Gasteiger partial charge in [-0.1, -0.05) is 18.2 Å². The summed E-state index contributed by atoms with van der Waals surface area (Å²) < 4.78 is 5.22. The summed E-state index contributed by atoms with van der Waals surface area (Å²) in [5, 5.41) is 2.81. The highest BCUT2D eigenvalue weighted by Crippen LogP contribution is 2.14. The van der Waals surface area contributed by atoms with Crippen molar-refractivity contribution in [2.75, 3.05) is 26.7 Å². The van der Waals surface area contributed by atoms with Gasteiger partial charge in [0.05, 0.1) is 7.11 Å². The maximum absolute atomic E-state index is 11.5. The molecule has 110 valence electrons. The van der Waals surface area contributed by atoms with Gasteiger partial charge in [0.15, 0.2) is 0 Å². The molecule has 0 unspecified atom stereocenters. The Labute approximate surface area is 121 Å². The fraction of sp³-hybridized carbons (Fsp3) is 0.438. The Hall–Kier alpha value is -1.81. The monoisotopic (exact) mass is 276 g/mol. The Balaban J connectivity index is 2.56. The number of nitrogens with one attached hydrogen (secondary N) is 1. The van der Waals surface area contributed by atoms with E-state index < -0.39 is 0 Å². The lowest BCUT2D eigenvalue weighted by molar-refractivity contribution is -0.121. The maximum Gasteiger partial charge on any atom is 0.221 e. The van der Waals surface area contributed by atoms with Crippen LogP contribution >= 0.6 is 0 Å². The van der Waals surface area contributed by atoms with Crippen LogP contribution in [0.15, 0.2) is 36.9 Å². The van der Waals surface area contributed by atoms with Gasteiger partial charge in [0, 0.05) is 32.6 Å². The van der Waals surface area contributed by atoms with Crippen molar-refractivity contribution in [1.82, 2.24) is 10.2 Å². The molecule has 4 nitrogen and oxygen atoms in total. The lowest BCUT2D eigenvalue weighted by atomic mass is 10.2. The molecule has 0 fully saturated rings. The molecular formula is C16H24N2O2. The summed E-state index contributed by atoms with van der Waals surface area (Å²) >= 11 is 0. The lowest BCUT2D eigenvalue weighted by Crippen LogP contribution is -2.30. The van der Waals surface area contributed by atoms with Gasteiger partial charge in [0.1, 0.15) is 5.75 Å². The molecule has 0 aliphatic heterocycles. The second-order valence-corrected chi connectivity index (χ2v) is 4.58. The van der Waals surface area contributed by atoms with Crippen LogP contribution < -0.4 is 10.1 Å². The van der Waals surface area contributed by atoms with Crippen LogP contribution in [0.4, 0.5) is 0 Å². The molecule has 1 aromatic carbocycles. The van der Waals surface area contributed by atoms with Crippen molar-refractivity contribution >= 4 is 5.91 Å². The summed E-state index contributed by atoms with van der Waals surface area (Å²) in [5.74, 6) is 0.942. The molecule has 0 saturated heterocycles. The number of hydrogen-bond acceptors (Lipinski definition) is 3. The molecule has 0 aliphatic carbocycles. The third kappa shape index (κ3) is 5.89. The SMILES string of the molecule is C=CCN(CCC(=O)NCC)Cc1cccc(OC)c1. The molecule has 20 heavy (non-hydrogen) atoms. The predicted molar refractivity (Wildman–Crippen MR) is 81.8 cm³/mol. The summed E-state index contributed by atoms with van der Waals surface area (Å²) in [4.78, 5) is 13.7. The van der Waals surface area contributed by atoms with Crippen LogP contribution in [0, 0.1) is 0 Å². The molecule has 0 spiro atoms. The first-order chi connectivity index (χ1) is 9.69. The minimum atomic E-state index is 0.0900. The average Bonchev–Trinajstić information content (AvgIpc) is 2.45. The van der Waals surface area contributed by atoms with Gasteiger partial charge in [-0.2, -0.15) is 0 Å². The zero-order valence-electron chi connectivity index (χ0n) is 12.4. The summed E-state index contributed by atoms with van der Waals surface area (Å²) in [5.41, 5.74) is 1.17. The average molecular weight is 276 g/mol. The van der Waals surface area contributed by atoms with E-state index in [0.29, 0.717) is 13.0 Å². The van der Waals surface area contributed by atoms with Crippen LogP contribution in [-0.4, -0.2) is 37.6 Å². The largest absolute Gasteiger partial charge is 0.497 e. The van der Waals surface area contributed by atoms with E-state index >= 15 is 0 Å². The number of nitrogens with zero attached hydrogens (tertiary/aromatic N) is 1. The highest BCUT2D eigenvalue weighted by Gasteiger charge is 2.08. The van der Waals surface area contributed by atoms with Crippen molar-refractivity contribution in [2.45, 2.75) is 19.9 Å². The third-order valence-corrected chi connectivity index (χ3v) is 2.96. The minimum Gasteiger partial charge on any atom is -0.497 e. The van der Waals surface area contributed by atoms with E-state index in [1.165, 1.54) is 5.56 Å². The van der Waals surface area contributed by atoms with Gasteiger partial charge >= 0.3 is 0 Å². The quantitative estimate of drug-likeness (QED) is 0.703. The first kappa shape index (κ1) is 16.2. The van der Waals surface area contributed by atoms with Gasteiger partial charge in [-0.25, -0.2) is 0 Å². The molecule has 0 saturated carbocycles. The molecule has 0 bridgehead atoms. The van der Waals surface area contributed by atoms with Crippen LogP contribution in [0.3, 0.4) is 0 Å². The number of ether oxygens (including phenoxy) is 1. The van der Waals surface area contributed by atoms with Crippen LogP contribution in [0.5, 0.6) is 5.75 Å². The zero-order valence-corrected chi connectivity index (χ0v) is 12.4. The molecule has 4 heteroatoms. The zero-order chi connectivity index (χ0) is 14.8. The van der Waals surface area contributed by atoms with E-state index in [9.17, 15) is 4.79 Å². The molecule has 1 amide bonds. The molecule has 1 aromatic rings. The molecule has 0 heterocycles. The minimum absolute atomic E-state index is 0.0900. The van der Waals surface area contributed by atoms with Crippen LogP contribution in [0.1, 0.15) is 18.9 Å². The van der Waals surface area contributed by atoms with Crippen molar-refractivity contribution in [3.05, 3.63) is 42.5 Å². The number of benzene rings is 1. The highest BCUT2D eigenvalue weighted by atomic mass is 16.5. The number of methoxy groups -OCH3 is 1. The smallest absolute Gasteiger partial charge is 0.221 e. The van der Waals surface area contributed by atoms with Gasteiger partial charge in [-0.15, -0.1) is 6.58 Å². The summed E-state index contributed by atoms with van der Waals surface area (Å²) in [6.07, 6.45) is 2.36. The fourth-order valence-corrected chi connectivity index (χ4v) is 1.99. The number of carbonyl (C=O) groups excluding carboxylic acids is 1. The van der Waals surface area contributed by atoms with Crippen LogP contribution in [0.2, 0.25) is 0 Å². The predicted octanol–water partition coefficient (Wildman–Crippen LogP) is 2.21. The van der Waals surface area contributed by atoms with Crippen molar-refractivity contribution in [1.29, 1.82) is 0 Å². The van der Waals surface area contributed by atoms with Crippen LogP contribution in [-0.2, 0) is 11.3 Å². The number of carbonyl (C=O) groups is 1. The van der Waals surface area contributed by atoms with Crippen molar-refractivity contribution in [3.8, 4) is 5.75 Å². The van der Waals surface area contributed by atoms with Gasteiger partial charge in [0.2, 0.25) is 5.91 Å². The van der Waals surface area contributed by atoms with E-state index in [0.717, 1.165) is 25.4 Å². The van der Waals surface area contributed by atoms with Crippen molar-refractivity contribution in [2.24, 2.45) is 0 Å². The van der Waals surface area contributed by atoms with E-state index in [2.05, 4.69) is 22.9 Å². The Morgan fingerprint density at radius 3 is 2.95 bits per heavy atom. The summed E-state index contributed by atoms with van der Waals surface area (Å²) in [6, 6.07) is 7.98. The second-order valence-electron chi connectivity index (χ2n) is 4.58. The Bertz CT molecular complexity index is 432. The Kier molecular flexibility index (Phi) is 7.43. The fourth-order valence-electron chi connectivity index (χ4n) is 1.99. The van der Waals surface area contributed by atoms with E-state index in [1.807, 2.05) is 31.2 Å². The Morgan fingerprint density at radius 1 is 1.50 bits per heavy atom. The topological polar surface area (TPSA) is 41.6 Å². The molecule has 1 rings (SSSR count). The van der Waals surface area contributed by atoms with E-state index in [-0.39, 0.29) is 5.91 Å². The first-order valence-corrected chi connectivity index (χ1v) is 6.92. The Morgan fingerprint density at radius 2 is 2.30 bits per heavy atom. The first-order valence-electron chi connectivity index (χ1n) is 6.92. The lowest BCUT2D eigenvalue weighted by Gasteiger charge is -2.20. The summed E-state index contributed by atoms with van der Waals surface area (Å²) in [6.45, 7) is 8.63. The summed E-state index contributed by atoms with van der Waals surface area (Å²) in [7, 11) is 1.66. The molecular weight excluding hydrogens is 252 g/mol. The number of amides is 1. The second kappa shape index (κ2) is 9.15. The standard InChI is InChI=1S/C16H24N2O2/c1-4-10-18(11-9-16(19)17-5-2)13-14-7-6-8-15(12-14)20-3/h4,6-8,12H,1,5,9-11,13H2,2-3H3,(H,17,19). The third-order valence-electron chi connectivity index (χ3n) is 2.96. The molecule has 0 aliphatic rings. The number of rotatable bonds is 9. The van der Waals surface area contributed by atoms with E-state index in [1.54, 1.807) is 7.11 Å². The normalized spacial score (nSPS) is 10.3. The van der Waals surface area contributed by atoms with Gasteiger partial charge < -0.3 is 10.1 Å². The van der Waals surface area contributed by atoms with E-state index in [4.69, 9.17) is 4.74 Å². The number of hydrogen-bond donors (Lipinski definition) is 1. The van der Waals surface area contributed by atoms with Crippen molar-refractivity contribution < 1.29 is 9.53 Å². The highest BCUT2D eigenvalue weighted by molar-refractivity contribution is 5.75. The van der Waals surface area contributed by atoms with Gasteiger partial charge in [-0.3, -0.25) is 9.69 Å². The van der Waals surface area contributed by atoms with Gasteiger partial charge in [0.25, 0.3) is 0 Å². The molecule has 0 aromatic heterocycles. The van der Waals surface area contributed by atoms with Gasteiger partial charge in [-0.05, 0) is 24.6 Å².